The summed E-state index contributed by atoms with van der Waals surface area (Å²) in [6.45, 7) is 1.75. The second kappa shape index (κ2) is 3.63. The number of esters is 1. The monoisotopic (exact) mass is 226 g/mol. The van der Waals surface area contributed by atoms with Gasteiger partial charge in [0.2, 0.25) is 0 Å². The highest BCUT2D eigenvalue weighted by Gasteiger charge is 2.24. The van der Waals surface area contributed by atoms with Gasteiger partial charge in [0, 0.05) is 11.6 Å². The fraction of sp³-hybridized carbons (Fsp3) is 0.333. The third-order valence-electron chi connectivity index (χ3n) is 2.17. The van der Waals surface area contributed by atoms with Crippen LogP contribution in [-0.4, -0.2) is 27.6 Å². The Morgan fingerprint density at radius 1 is 1.73 bits per heavy atom. The number of thiazole rings is 1. The van der Waals surface area contributed by atoms with Crippen LogP contribution in [0.2, 0.25) is 0 Å². The maximum absolute atomic E-state index is 11.2. The molecule has 0 spiro atoms. The van der Waals surface area contributed by atoms with E-state index in [1.807, 2.05) is 5.38 Å². The Morgan fingerprint density at radius 2 is 2.47 bits per heavy atom. The number of hydrogen-bond acceptors (Lipinski definition) is 5. The van der Waals surface area contributed by atoms with Gasteiger partial charge in [0.05, 0.1) is 18.5 Å². The number of hydrogen-bond donors (Lipinski definition) is 1. The number of carbonyl (C=O) groups excluding carboxylic acids is 1. The molecule has 6 heteroatoms. The molecule has 0 saturated heterocycles. The lowest BCUT2D eigenvalue weighted by atomic mass is 10.2. The van der Waals surface area contributed by atoms with Gasteiger partial charge < -0.3 is 9.84 Å². The molecule has 0 aliphatic rings. The van der Waals surface area contributed by atoms with Gasteiger partial charge in [-0.3, -0.25) is 4.40 Å². The minimum Gasteiger partial charge on any atom is -0.467 e. The lowest BCUT2D eigenvalue weighted by Crippen LogP contribution is -2.16. The van der Waals surface area contributed by atoms with Crippen LogP contribution in [0.25, 0.3) is 4.96 Å². The zero-order valence-electron chi connectivity index (χ0n) is 8.30. The summed E-state index contributed by atoms with van der Waals surface area (Å²) in [6.07, 6.45) is 0.487. The topological polar surface area (TPSA) is 63.8 Å². The van der Waals surface area contributed by atoms with E-state index in [2.05, 4.69) is 9.72 Å². The number of aliphatic hydroxyl groups excluding tert-OH is 1. The van der Waals surface area contributed by atoms with E-state index in [1.54, 1.807) is 17.5 Å². The van der Waals surface area contributed by atoms with Crippen LogP contribution in [0.15, 0.2) is 11.6 Å². The second-order valence-electron chi connectivity index (χ2n) is 3.06. The Kier molecular flexibility index (Phi) is 2.45. The number of aryl methyl sites for hydroxylation is 1. The molecule has 0 amide bonds. The Labute approximate surface area is 89.9 Å². The molecule has 15 heavy (non-hydrogen) atoms. The highest BCUT2D eigenvalue weighted by atomic mass is 32.1. The van der Waals surface area contributed by atoms with Gasteiger partial charge in [0.25, 0.3) is 0 Å². The molecule has 1 N–H and O–H groups in total. The van der Waals surface area contributed by atoms with E-state index in [9.17, 15) is 9.90 Å². The van der Waals surface area contributed by atoms with Crippen molar-refractivity contribution in [3.8, 4) is 0 Å². The molecule has 0 saturated carbocycles. The van der Waals surface area contributed by atoms with Gasteiger partial charge in [-0.25, -0.2) is 9.78 Å². The molecular weight excluding hydrogens is 216 g/mol. The third kappa shape index (κ3) is 1.51. The number of ether oxygens (including phenoxy) is 1. The normalized spacial score (nSPS) is 13.0. The van der Waals surface area contributed by atoms with Crippen molar-refractivity contribution < 1.29 is 14.6 Å². The number of rotatable bonds is 2. The molecule has 0 aromatic carbocycles. The SMILES string of the molecule is COC(=O)C(O)c1c(C)nc2sccn12. The van der Waals surface area contributed by atoms with Crippen LogP contribution in [0, 0.1) is 6.92 Å². The molecule has 0 bridgehead atoms. The first-order chi connectivity index (χ1) is 7.15. The van der Waals surface area contributed by atoms with Gasteiger partial charge in [-0.15, -0.1) is 11.3 Å². The molecule has 0 aliphatic heterocycles. The van der Waals surface area contributed by atoms with E-state index in [-0.39, 0.29) is 0 Å². The summed E-state index contributed by atoms with van der Waals surface area (Å²) in [5.41, 5.74) is 1.11. The quantitative estimate of drug-likeness (QED) is 0.773. The average Bonchev–Trinajstić information content (AvgIpc) is 2.75. The van der Waals surface area contributed by atoms with Gasteiger partial charge in [-0.05, 0) is 6.92 Å². The standard InChI is InChI=1S/C9H10N2O3S/c1-5-6(7(12)8(13)14-2)11-3-4-15-9(11)10-5/h3-4,7,12H,1-2H3. The molecule has 0 aliphatic carbocycles. The van der Waals surface area contributed by atoms with Crippen LogP contribution in [0.4, 0.5) is 0 Å². The number of carbonyl (C=O) groups is 1. The number of methoxy groups -OCH3 is 1. The van der Waals surface area contributed by atoms with E-state index in [0.717, 1.165) is 4.96 Å². The zero-order valence-corrected chi connectivity index (χ0v) is 9.11. The van der Waals surface area contributed by atoms with Crippen LogP contribution in [0.1, 0.15) is 17.5 Å². The summed E-state index contributed by atoms with van der Waals surface area (Å²) in [6, 6.07) is 0. The van der Waals surface area contributed by atoms with Gasteiger partial charge >= 0.3 is 5.97 Å². The molecule has 1 atom stereocenters. The first kappa shape index (κ1) is 10.1. The molecular formula is C9H10N2O3S. The van der Waals surface area contributed by atoms with E-state index in [4.69, 9.17) is 0 Å². The number of nitrogens with zero attached hydrogens (tertiary/aromatic N) is 2. The molecule has 2 aromatic rings. The molecule has 5 nitrogen and oxygen atoms in total. The van der Waals surface area contributed by atoms with Crippen molar-refractivity contribution in [1.29, 1.82) is 0 Å². The Morgan fingerprint density at radius 3 is 3.13 bits per heavy atom. The first-order valence-electron chi connectivity index (χ1n) is 4.33. The van der Waals surface area contributed by atoms with E-state index in [0.29, 0.717) is 11.4 Å². The van der Waals surface area contributed by atoms with Crippen molar-refractivity contribution in [1.82, 2.24) is 9.38 Å². The maximum atomic E-state index is 11.2. The Hall–Kier alpha value is -1.40. The summed E-state index contributed by atoms with van der Waals surface area (Å²) in [5.74, 6) is -0.675. The summed E-state index contributed by atoms with van der Waals surface area (Å²) in [7, 11) is 1.24. The minimum absolute atomic E-state index is 0.470. The van der Waals surface area contributed by atoms with Gasteiger partial charge in [-0.1, -0.05) is 0 Å². The fourth-order valence-electron chi connectivity index (χ4n) is 1.46. The molecule has 2 aromatic heterocycles. The lowest BCUT2D eigenvalue weighted by Gasteiger charge is -2.07. The predicted octanol–water partition coefficient (Wildman–Crippen LogP) is 0.911. The summed E-state index contributed by atoms with van der Waals surface area (Å²) < 4.78 is 6.19. The lowest BCUT2D eigenvalue weighted by molar-refractivity contribution is -0.151. The fourth-order valence-corrected chi connectivity index (χ4v) is 2.23. The van der Waals surface area contributed by atoms with Crippen molar-refractivity contribution >= 4 is 22.3 Å². The molecule has 0 radical (unpaired) electrons. The molecule has 1 unspecified atom stereocenters. The Bertz CT molecular complexity index is 502. The summed E-state index contributed by atoms with van der Waals surface area (Å²) in [4.78, 5) is 16.2. The van der Waals surface area contributed by atoms with Crippen LogP contribution in [-0.2, 0) is 9.53 Å². The van der Waals surface area contributed by atoms with Crippen molar-refractivity contribution in [2.24, 2.45) is 0 Å². The van der Waals surface area contributed by atoms with Crippen LogP contribution >= 0.6 is 11.3 Å². The average molecular weight is 226 g/mol. The number of aliphatic hydroxyl groups is 1. The van der Waals surface area contributed by atoms with E-state index >= 15 is 0 Å². The minimum atomic E-state index is -1.28. The van der Waals surface area contributed by atoms with E-state index in [1.165, 1.54) is 18.4 Å². The molecule has 80 valence electrons. The summed E-state index contributed by atoms with van der Waals surface area (Å²) in [5, 5.41) is 11.6. The number of imidazole rings is 1. The van der Waals surface area contributed by atoms with Crippen LogP contribution < -0.4 is 0 Å². The van der Waals surface area contributed by atoms with E-state index < -0.39 is 12.1 Å². The number of aromatic nitrogens is 2. The molecule has 0 fully saturated rings. The Balaban J connectivity index is 2.53. The number of fused-ring (bicyclic) bond motifs is 1. The third-order valence-corrected chi connectivity index (χ3v) is 2.92. The van der Waals surface area contributed by atoms with Crippen molar-refractivity contribution in [2.75, 3.05) is 7.11 Å². The second-order valence-corrected chi connectivity index (χ2v) is 3.94. The van der Waals surface area contributed by atoms with Gasteiger partial charge in [0.15, 0.2) is 11.1 Å². The summed E-state index contributed by atoms with van der Waals surface area (Å²) >= 11 is 1.45. The largest absolute Gasteiger partial charge is 0.467 e. The van der Waals surface area contributed by atoms with Crippen molar-refractivity contribution in [3.05, 3.63) is 23.0 Å². The highest BCUT2D eigenvalue weighted by Crippen LogP contribution is 2.23. The smallest absolute Gasteiger partial charge is 0.341 e. The van der Waals surface area contributed by atoms with Gasteiger partial charge in [0.1, 0.15) is 0 Å². The van der Waals surface area contributed by atoms with Crippen molar-refractivity contribution in [3.63, 3.8) is 0 Å². The molecule has 2 heterocycles. The van der Waals surface area contributed by atoms with Gasteiger partial charge in [-0.2, -0.15) is 0 Å². The predicted molar refractivity (Wildman–Crippen MR) is 54.8 cm³/mol. The molecule has 2 rings (SSSR count). The first-order valence-corrected chi connectivity index (χ1v) is 5.21. The zero-order chi connectivity index (χ0) is 11.0. The highest BCUT2D eigenvalue weighted by molar-refractivity contribution is 7.15. The van der Waals surface area contributed by atoms with Crippen LogP contribution in [0.3, 0.4) is 0 Å². The maximum Gasteiger partial charge on any atom is 0.341 e. The van der Waals surface area contributed by atoms with Crippen molar-refractivity contribution in [2.45, 2.75) is 13.0 Å². The van der Waals surface area contributed by atoms with Crippen LogP contribution in [0.5, 0.6) is 0 Å².